The van der Waals surface area contributed by atoms with Gasteiger partial charge in [-0.15, -0.1) is 0 Å². The molecule has 1 rings (SSSR count). The van der Waals surface area contributed by atoms with E-state index in [1.54, 1.807) is 19.1 Å². The second-order valence-electron chi connectivity index (χ2n) is 2.94. The lowest BCUT2D eigenvalue weighted by molar-refractivity contribution is 0.266. The Morgan fingerprint density at radius 2 is 2.23 bits per heavy atom. The highest BCUT2D eigenvalue weighted by Gasteiger charge is 2.14. The van der Waals surface area contributed by atoms with Crippen LogP contribution in [-0.4, -0.2) is 18.8 Å². The van der Waals surface area contributed by atoms with Gasteiger partial charge >= 0.3 is 0 Å². The number of methoxy groups -OCH3 is 1. The molecule has 0 amide bonds. The lowest BCUT2D eigenvalue weighted by Gasteiger charge is -2.13. The lowest BCUT2D eigenvalue weighted by atomic mass is 10.0. The molecule has 0 aliphatic carbocycles. The number of ether oxygens (including phenoxy) is 1. The van der Waals surface area contributed by atoms with Crippen LogP contribution in [0.25, 0.3) is 0 Å². The van der Waals surface area contributed by atoms with E-state index in [0.717, 1.165) is 0 Å². The van der Waals surface area contributed by atoms with E-state index in [0.29, 0.717) is 11.3 Å². The molecule has 0 aliphatic rings. The minimum atomic E-state index is -0.332. The van der Waals surface area contributed by atoms with Crippen LogP contribution in [0.1, 0.15) is 18.4 Å². The van der Waals surface area contributed by atoms with E-state index in [9.17, 15) is 4.39 Å². The minimum Gasteiger partial charge on any atom is -0.496 e. The molecule has 0 aliphatic heterocycles. The molecule has 0 radical (unpaired) electrons. The number of hydrogen-bond donors (Lipinski definition) is 1. The van der Waals surface area contributed by atoms with Crippen LogP contribution in [0.15, 0.2) is 18.2 Å². The van der Waals surface area contributed by atoms with Gasteiger partial charge in [-0.2, -0.15) is 0 Å². The van der Waals surface area contributed by atoms with Crippen LogP contribution in [-0.2, 0) is 0 Å². The van der Waals surface area contributed by atoms with Crippen LogP contribution in [0.5, 0.6) is 5.75 Å². The first kappa shape index (κ1) is 9.99. The molecule has 0 bridgehead atoms. The Labute approximate surface area is 77.0 Å². The van der Waals surface area contributed by atoms with Gasteiger partial charge in [-0.1, -0.05) is 13.0 Å². The molecule has 0 heterocycles. The molecule has 1 aromatic rings. The van der Waals surface area contributed by atoms with Crippen LogP contribution >= 0.6 is 0 Å². The Balaban J connectivity index is 3.14. The van der Waals surface area contributed by atoms with Gasteiger partial charge in [0, 0.05) is 18.1 Å². The average molecular weight is 184 g/mol. The summed E-state index contributed by atoms with van der Waals surface area (Å²) in [7, 11) is 1.49. The third-order valence-electron chi connectivity index (χ3n) is 2.00. The summed E-state index contributed by atoms with van der Waals surface area (Å²) in [6.45, 7) is 1.66. The van der Waals surface area contributed by atoms with Gasteiger partial charge in [-0.05, 0) is 12.1 Å². The number of hydrogen-bond acceptors (Lipinski definition) is 2. The van der Waals surface area contributed by atoms with Gasteiger partial charge in [0.25, 0.3) is 0 Å². The molecule has 1 unspecified atom stereocenters. The molecule has 0 saturated heterocycles. The smallest absolute Gasteiger partial charge is 0.130 e. The summed E-state index contributed by atoms with van der Waals surface area (Å²) < 4.78 is 18.3. The van der Waals surface area contributed by atoms with E-state index in [-0.39, 0.29) is 18.3 Å². The maximum absolute atomic E-state index is 13.3. The summed E-state index contributed by atoms with van der Waals surface area (Å²) in [5.74, 6) is -0.0846. The molecule has 1 atom stereocenters. The van der Waals surface area contributed by atoms with Crippen molar-refractivity contribution in [1.82, 2.24) is 0 Å². The van der Waals surface area contributed by atoms with Crippen molar-refractivity contribution < 1.29 is 14.2 Å². The second kappa shape index (κ2) is 4.23. The lowest BCUT2D eigenvalue weighted by Crippen LogP contribution is -2.04. The Bertz CT molecular complexity index is 286. The topological polar surface area (TPSA) is 29.5 Å². The number of aliphatic hydroxyl groups is 1. The van der Waals surface area contributed by atoms with Crippen LogP contribution in [0.3, 0.4) is 0 Å². The molecular formula is C10H13FO2. The van der Waals surface area contributed by atoms with Crippen molar-refractivity contribution >= 4 is 0 Å². The van der Waals surface area contributed by atoms with Gasteiger partial charge in [0.2, 0.25) is 0 Å². The average Bonchev–Trinajstić information content (AvgIpc) is 2.16. The summed E-state index contributed by atoms with van der Waals surface area (Å²) in [6, 6.07) is 4.64. The summed E-state index contributed by atoms with van der Waals surface area (Å²) in [5, 5.41) is 8.91. The fourth-order valence-electron chi connectivity index (χ4n) is 1.26. The summed E-state index contributed by atoms with van der Waals surface area (Å²) in [5.41, 5.74) is 0.438. The summed E-state index contributed by atoms with van der Waals surface area (Å²) in [6.07, 6.45) is 0. The number of benzene rings is 1. The van der Waals surface area contributed by atoms with Crippen molar-refractivity contribution in [2.24, 2.45) is 0 Å². The van der Waals surface area contributed by atoms with Gasteiger partial charge < -0.3 is 9.84 Å². The predicted molar refractivity (Wildman–Crippen MR) is 48.5 cm³/mol. The standard InChI is InChI=1S/C10H13FO2/c1-7(6-12)10-8(11)4-3-5-9(10)13-2/h3-5,7,12H,6H2,1-2H3. The molecule has 72 valence electrons. The van der Waals surface area contributed by atoms with E-state index in [4.69, 9.17) is 9.84 Å². The van der Waals surface area contributed by atoms with Crippen molar-refractivity contribution in [1.29, 1.82) is 0 Å². The molecule has 1 N–H and O–H groups in total. The van der Waals surface area contributed by atoms with Crippen LogP contribution in [0, 0.1) is 5.82 Å². The molecular weight excluding hydrogens is 171 g/mol. The van der Waals surface area contributed by atoms with Crippen LogP contribution in [0.2, 0.25) is 0 Å². The van der Waals surface area contributed by atoms with Gasteiger partial charge in [-0.3, -0.25) is 0 Å². The number of halogens is 1. The minimum absolute atomic E-state index is 0.0860. The van der Waals surface area contributed by atoms with E-state index < -0.39 is 0 Å². The van der Waals surface area contributed by atoms with Crippen molar-refractivity contribution in [3.63, 3.8) is 0 Å². The number of rotatable bonds is 3. The van der Waals surface area contributed by atoms with E-state index in [1.165, 1.54) is 13.2 Å². The van der Waals surface area contributed by atoms with Crippen molar-refractivity contribution in [2.75, 3.05) is 13.7 Å². The van der Waals surface area contributed by atoms with Crippen LogP contribution in [0.4, 0.5) is 4.39 Å². The molecule has 0 aromatic heterocycles. The largest absolute Gasteiger partial charge is 0.496 e. The normalized spacial score (nSPS) is 12.6. The first-order valence-electron chi connectivity index (χ1n) is 4.14. The Morgan fingerprint density at radius 3 is 2.77 bits per heavy atom. The fourth-order valence-corrected chi connectivity index (χ4v) is 1.26. The van der Waals surface area contributed by atoms with Gasteiger partial charge in [0.05, 0.1) is 7.11 Å². The van der Waals surface area contributed by atoms with Gasteiger partial charge in [-0.25, -0.2) is 4.39 Å². The van der Waals surface area contributed by atoms with E-state index in [1.807, 2.05) is 0 Å². The maximum Gasteiger partial charge on any atom is 0.130 e. The third kappa shape index (κ3) is 1.98. The molecule has 13 heavy (non-hydrogen) atoms. The van der Waals surface area contributed by atoms with E-state index >= 15 is 0 Å². The second-order valence-corrected chi connectivity index (χ2v) is 2.94. The Hall–Kier alpha value is -1.09. The van der Waals surface area contributed by atoms with Gasteiger partial charge in [0.15, 0.2) is 0 Å². The monoisotopic (exact) mass is 184 g/mol. The molecule has 1 aromatic carbocycles. The van der Waals surface area contributed by atoms with Gasteiger partial charge in [0.1, 0.15) is 11.6 Å². The Morgan fingerprint density at radius 1 is 1.54 bits per heavy atom. The summed E-state index contributed by atoms with van der Waals surface area (Å²) >= 11 is 0. The SMILES string of the molecule is COc1cccc(F)c1C(C)CO. The maximum atomic E-state index is 13.3. The molecule has 3 heteroatoms. The van der Waals surface area contributed by atoms with Crippen molar-refractivity contribution in [2.45, 2.75) is 12.8 Å². The highest BCUT2D eigenvalue weighted by molar-refractivity contribution is 5.37. The molecule has 2 nitrogen and oxygen atoms in total. The molecule has 0 fully saturated rings. The number of aliphatic hydroxyl groups excluding tert-OH is 1. The first-order valence-corrected chi connectivity index (χ1v) is 4.14. The Kier molecular flexibility index (Phi) is 3.25. The van der Waals surface area contributed by atoms with E-state index in [2.05, 4.69) is 0 Å². The quantitative estimate of drug-likeness (QED) is 0.777. The van der Waals surface area contributed by atoms with Crippen molar-refractivity contribution in [3.8, 4) is 5.75 Å². The fraction of sp³-hybridized carbons (Fsp3) is 0.400. The molecule has 0 spiro atoms. The van der Waals surface area contributed by atoms with Crippen molar-refractivity contribution in [3.05, 3.63) is 29.6 Å². The third-order valence-corrected chi connectivity index (χ3v) is 2.00. The molecule has 0 saturated carbocycles. The zero-order valence-electron chi connectivity index (χ0n) is 7.75. The predicted octanol–water partition coefficient (Wildman–Crippen LogP) is 1.93. The summed E-state index contributed by atoms with van der Waals surface area (Å²) in [4.78, 5) is 0. The highest BCUT2D eigenvalue weighted by atomic mass is 19.1. The zero-order valence-corrected chi connectivity index (χ0v) is 7.75. The highest BCUT2D eigenvalue weighted by Crippen LogP contribution is 2.28. The zero-order chi connectivity index (χ0) is 9.84. The first-order chi connectivity index (χ1) is 6.20. The van der Waals surface area contributed by atoms with Crippen LogP contribution < -0.4 is 4.74 Å².